The molecule has 0 aliphatic heterocycles. The Morgan fingerprint density at radius 1 is 0.769 bits per heavy atom. The Morgan fingerprint density at radius 2 is 1.31 bits per heavy atom. The Balaban J connectivity index is 2.13. The van der Waals surface area contributed by atoms with Crippen LogP contribution in [0.4, 0.5) is 0 Å². The van der Waals surface area contributed by atoms with Gasteiger partial charge in [-0.15, -0.1) is 0 Å². The zero-order valence-electron chi connectivity index (χ0n) is 8.21. The molecule has 2 rings (SSSR count). The molecular weight excluding hydrogens is 164 g/mol. The van der Waals surface area contributed by atoms with E-state index < -0.39 is 0 Å². The molecule has 2 unspecified atom stereocenters. The van der Waals surface area contributed by atoms with E-state index in [1.807, 2.05) is 0 Å². The molecule has 1 spiro atoms. The smallest absolute Gasteiger partial charge is 0.0621 e. The summed E-state index contributed by atoms with van der Waals surface area (Å²) in [6, 6.07) is 0. The summed E-state index contributed by atoms with van der Waals surface area (Å²) < 4.78 is 0. The molecule has 76 valence electrons. The molecule has 2 nitrogen and oxygen atoms in total. The van der Waals surface area contributed by atoms with Gasteiger partial charge in [-0.2, -0.15) is 0 Å². The number of hydrogen-bond donors (Lipinski definition) is 2. The first kappa shape index (κ1) is 9.47. The van der Waals surface area contributed by atoms with Crippen LogP contribution in [0.25, 0.3) is 0 Å². The lowest BCUT2D eigenvalue weighted by Crippen LogP contribution is -2.49. The fraction of sp³-hybridized carbons (Fsp3) is 1.00. The first-order valence-electron chi connectivity index (χ1n) is 5.62. The van der Waals surface area contributed by atoms with Crippen molar-refractivity contribution < 1.29 is 10.2 Å². The summed E-state index contributed by atoms with van der Waals surface area (Å²) in [7, 11) is 0. The molecule has 0 amide bonds. The third kappa shape index (κ3) is 1.50. The van der Waals surface area contributed by atoms with Crippen LogP contribution in [-0.2, 0) is 0 Å². The number of rotatable bonds is 0. The average molecular weight is 184 g/mol. The zero-order valence-corrected chi connectivity index (χ0v) is 8.21. The SMILES string of the molecule is OC1CCCC(O)C12CCCCC2. The first-order valence-corrected chi connectivity index (χ1v) is 5.62. The summed E-state index contributed by atoms with van der Waals surface area (Å²) in [6.45, 7) is 0. The molecule has 0 bridgehead atoms. The number of aliphatic hydroxyl groups is 2. The Bertz CT molecular complexity index is 161. The van der Waals surface area contributed by atoms with E-state index in [0.29, 0.717) is 0 Å². The summed E-state index contributed by atoms with van der Waals surface area (Å²) >= 11 is 0. The fourth-order valence-electron chi connectivity index (χ4n) is 3.18. The number of aliphatic hydroxyl groups excluding tert-OH is 2. The van der Waals surface area contributed by atoms with Gasteiger partial charge in [0.2, 0.25) is 0 Å². The van der Waals surface area contributed by atoms with Crippen molar-refractivity contribution in [1.82, 2.24) is 0 Å². The maximum Gasteiger partial charge on any atom is 0.0621 e. The maximum absolute atomic E-state index is 9.99. The predicted octanol–water partition coefficient (Wildman–Crippen LogP) is 1.84. The minimum atomic E-state index is -0.239. The van der Waals surface area contributed by atoms with Gasteiger partial charge in [0.15, 0.2) is 0 Å². The van der Waals surface area contributed by atoms with Crippen LogP contribution in [0, 0.1) is 5.41 Å². The summed E-state index contributed by atoms with van der Waals surface area (Å²) in [5, 5.41) is 20.0. The van der Waals surface area contributed by atoms with Crippen LogP contribution >= 0.6 is 0 Å². The van der Waals surface area contributed by atoms with E-state index in [4.69, 9.17) is 0 Å². The topological polar surface area (TPSA) is 40.5 Å². The maximum atomic E-state index is 9.99. The molecule has 2 N–H and O–H groups in total. The highest BCUT2D eigenvalue weighted by Crippen LogP contribution is 2.47. The molecule has 13 heavy (non-hydrogen) atoms. The second-order valence-corrected chi connectivity index (χ2v) is 4.76. The van der Waals surface area contributed by atoms with Crippen LogP contribution < -0.4 is 0 Å². The quantitative estimate of drug-likeness (QED) is 0.603. The van der Waals surface area contributed by atoms with Crippen molar-refractivity contribution in [2.75, 3.05) is 0 Å². The Kier molecular flexibility index (Phi) is 2.61. The Hall–Kier alpha value is -0.0800. The highest BCUT2D eigenvalue weighted by Gasteiger charge is 2.46. The Morgan fingerprint density at radius 3 is 1.85 bits per heavy atom. The van der Waals surface area contributed by atoms with Gasteiger partial charge in [-0.25, -0.2) is 0 Å². The van der Waals surface area contributed by atoms with E-state index >= 15 is 0 Å². The highest BCUT2D eigenvalue weighted by atomic mass is 16.3. The van der Waals surface area contributed by atoms with Gasteiger partial charge < -0.3 is 10.2 Å². The van der Waals surface area contributed by atoms with Gasteiger partial charge in [0.05, 0.1) is 12.2 Å². The normalized spacial score (nSPS) is 39.2. The molecule has 0 heterocycles. The third-order valence-electron chi connectivity index (χ3n) is 4.07. The molecule has 2 saturated carbocycles. The zero-order chi connectivity index (χ0) is 9.31. The van der Waals surface area contributed by atoms with Crippen molar-refractivity contribution in [2.45, 2.75) is 63.6 Å². The van der Waals surface area contributed by atoms with Crippen molar-refractivity contribution in [3.8, 4) is 0 Å². The second-order valence-electron chi connectivity index (χ2n) is 4.76. The molecule has 2 heteroatoms. The van der Waals surface area contributed by atoms with Crippen molar-refractivity contribution >= 4 is 0 Å². The molecule has 0 radical (unpaired) electrons. The van der Waals surface area contributed by atoms with Crippen LogP contribution in [0.15, 0.2) is 0 Å². The van der Waals surface area contributed by atoms with E-state index in [0.717, 1.165) is 32.1 Å². The van der Waals surface area contributed by atoms with Gasteiger partial charge in [0.1, 0.15) is 0 Å². The molecule has 0 saturated heterocycles. The summed E-state index contributed by atoms with van der Waals surface area (Å²) in [4.78, 5) is 0. The Labute approximate surface area is 80.0 Å². The molecule has 2 aliphatic rings. The van der Waals surface area contributed by atoms with Crippen LogP contribution in [0.3, 0.4) is 0 Å². The van der Waals surface area contributed by atoms with Gasteiger partial charge in [-0.3, -0.25) is 0 Å². The van der Waals surface area contributed by atoms with Crippen molar-refractivity contribution in [2.24, 2.45) is 5.41 Å². The number of hydrogen-bond acceptors (Lipinski definition) is 2. The molecule has 2 aliphatic carbocycles. The van der Waals surface area contributed by atoms with E-state index in [1.165, 1.54) is 19.3 Å². The molecule has 2 atom stereocenters. The molecule has 0 aromatic carbocycles. The molecule has 2 fully saturated rings. The van der Waals surface area contributed by atoms with E-state index in [9.17, 15) is 10.2 Å². The van der Waals surface area contributed by atoms with Gasteiger partial charge in [0.25, 0.3) is 0 Å². The van der Waals surface area contributed by atoms with E-state index in [-0.39, 0.29) is 17.6 Å². The third-order valence-corrected chi connectivity index (χ3v) is 4.07. The van der Waals surface area contributed by atoms with Crippen LogP contribution in [-0.4, -0.2) is 22.4 Å². The lowest BCUT2D eigenvalue weighted by molar-refractivity contribution is -0.119. The molecular formula is C11H20O2. The fourth-order valence-corrected chi connectivity index (χ4v) is 3.18. The van der Waals surface area contributed by atoms with E-state index in [1.54, 1.807) is 0 Å². The molecule has 0 aromatic heterocycles. The summed E-state index contributed by atoms with van der Waals surface area (Å²) in [5.74, 6) is 0. The standard InChI is InChI=1S/C11H20O2/c12-9-5-4-6-10(13)11(9)7-2-1-3-8-11/h9-10,12-13H,1-8H2. The largest absolute Gasteiger partial charge is 0.392 e. The lowest BCUT2D eigenvalue weighted by atomic mass is 9.62. The first-order chi connectivity index (χ1) is 6.26. The monoisotopic (exact) mass is 184 g/mol. The van der Waals surface area contributed by atoms with Crippen molar-refractivity contribution in [1.29, 1.82) is 0 Å². The lowest BCUT2D eigenvalue weighted by Gasteiger charge is -2.47. The van der Waals surface area contributed by atoms with Crippen LogP contribution in [0.1, 0.15) is 51.4 Å². The van der Waals surface area contributed by atoms with Crippen molar-refractivity contribution in [3.05, 3.63) is 0 Å². The van der Waals surface area contributed by atoms with E-state index in [2.05, 4.69) is 0 Å². The predicted molar refractivity (Wildman–Crippen MR) is 51.4 cm³/mol. The second kappa shape index (κ2) is 3.58. The van der Waals surface area contributed by atoms with Gasteiger partial charge in [0, 0.05) is 5.41 Å². The summed E-state index contributed by atoms with van der Waals surface area (Å²) in [5.41, 5.74) is -0.115. The minimum absolute atomic E-state index is 0.115. The van der Waals surface area contributed by atoms with Gasteiger partial charge in [-0.05, 0) is 32.1 Å². The highest BCUT2D eigenvalue weighted by molar-refractivity contribution is 4.97. The van der Waals surface area contributed by atoms with Crippen LogP contribution in [0.5, 0.6) is 0 Å². The van der Waals surface area contributed by atoms with Gasteiger partial charge in [-0.1, -0.05) is 19.3 Å². The van der Waals surface area contributed by atoms with Crippen molar-refractivity contribution in [3.63, 3.8) is 0 Å². The molecule has 0 aromatic rings. The summed E-state index contributed by atoms with van der Waals surface area (Å²) in [6.07, 6.45) is 8.04. The minimum Gasteiger partial charge on any atom is -0.392 e. The van der Waals surface area contributed by atoms with Crippen LogP contribution in [0.2, 0.25) is 0 Å². The van der Waals surface area contributed by atoms with Gasteiger partial charge >= 0.3 is 0 Å². The average Bonchev–Trinajstić information content (AvgIpc) is 2.16.